The number of allylic oxidation sites excluding steroid dienone is 3. The molecule has 24 heavy (non-hydrogen) atoms. The van der Waals surface area contributed by atoms with E-state index >= 15 is 0 Å². The number of amides is 1. The number of carbonyl (C=O) groups is 1. The maximum atomic E-state index is 12.4. The van der Waals surface area contributed by atoms with Crippen LogP contribution in [0.25, 0.3) is 0 Å². The van der Waals surface area contributed by atoms with Gasteiger partial charge in [-0.3, -0.25) is 4.79 Å². The maximum absolute atomic E-state index is 12.4. The largest absolute Gasteiger partial charge is 0.500 e. The fourth-order valence-corrected chi connectivity index (χ4v) is 2.46. The van der Waals surface area contributed by atoms with Gasteiger partial charge in [-0.25, -0.2) is 0 Å². The van der Waals surface area contributed by atoms with Crippen molar-refractivity contribution in [2.45, 2.75) is 25.3 Å². The summed E-state index contributed by atoms with van der Waals surface area (Å²) in [5.74, 6) is 6.84. The number of carbonyl (C=O) groups excluding carboxylic acids is 1. The lowest BCUT2D eigenvalue weighted by atomic mass is 10.1. The van der Waals surface area contributed by atoms with Crippen LogP contribution in [0.3, 0.4) is 0 Å². The lowest BCUT2D eigenvalue weighted by Gasteiger charge is -2.21. The molecule has 0 spiro atoms. The van der Waals surface area contributed by atoms with Gasteiger partial charge in [0.25, 0.3) is 0 Å². The van der Waals surface area contributed by atoms with Crippen molar-refractivity contribution in [3.8, 4) is 11.8 Å². The average Bonchev–Trinajstić information content (AvgIpc) is 2.85. The van der Waals surface area contributed by atoms with E-state index in [1.165, 1.54) is 5.56 Å². The summed E-state index contributed by atoms with van der Waals surface area (Å²) >= 11 is 0. The summed E-state index contributed by atoms with van der Waals surface area (Å²) in [6.07, 6.45) is 5.60. The number of benzene rings is 1. The highest BCUT2D eigenvalue weighted by Crippen LogP contribution is 2.12. The molecule has 1 atom stereocenters. The van der Waals surface area contributed by atoms with Crippen LogP contribution in [0.5, 0.6) is 0 Å². The monoisotopic (exact) mass is 324 g/mol. The van der Waals surface area contributed by atoms with Crippen LogP contribution in [0.2, 0.25) is 0 Å². The molecule has 126 valence electrons. The molecule has 4 heteroatoms. The summed E-state index contributed by atoms with van der Waals surface area (Å²) < 4.78 is 5.19. The van der Waals surface area contributed by atoms with Crippen molar-refractivity contribution in [1.82, 2.24) is 4.90 Å². The molecule has 4 nitrogen and oxygen atoms in total. The van der Waals surface area contributed by atoms with Gasteiger partial charge in [0.15, 0.2) is 0 Å². The molecule has 0 aliphatic heterocycles. The third-order valence-electron chi connectivity index (χ3n) is 3.96. The van der Waals surface area contributed by atoms with Crippen LogP contribution < -0.4 is 5.73 Å². The second-order valence-corrected chi connectivity index (χ2v) is 5.81. The second-order valence-electron chi connectivity index (χ2n) is 5.81. The Hall–Kier alpha value is -2.51. The minimum atomic E-state index is -0.580. The summed E-state index contributed by atoms with van der Waals surface area (Å²) in [7, 11) is 3.42. The molecule has 0 saturated heterocycles. The van der Waals surface area contributed by atoms with E-state index in [0.717, 1.165) is 17.8 Å². The highest BCUT2D eigenvalue weighted by Gasteiger charge is 2.19. The summed E-state index contributed by atoms with van der Waals surface area (Å²) in [6, 6.07) is 9.53. The number of hydrogen-bond donors (Lipinski definition) is 1. The van der Waals surface area contributed by atoms with Crippen LogP contribution in [0.4, 0.5) is 0 Å². The molecule has 0 aromatic heterocycles. The van der Waals surface area contributed by atoms with Gasteiger partial charge >= 0.3 is 0 Å². The molecular weight excluding hydrogens is 300 g/mol. The van der Waals surface area contributed by atoms with E-state index < -0.39 is 6.04 Å². The van der Waals surface area contributed by atoms with Gasteiger partial charge < -0.3 is 15.4 Å². The number of nitrogens with zero attached hydrogens (tertiary/aromatic N) is 1. The van der Waals surface area contributed by atoms with Crippen molar-refractivity contribution in [1.29, 1.82) is 0 Å². The Kier molecular flexibility index (Phi) is 6.65. The van der Waals surface area contributed by atoms with E-state index in [4.69, 9.17) is 10.5 Å². The smallest absolute Gasteiger partial charge is 0.239 e. The minimum absolute atomic E-state index is 0.0613. The Morgan fingerprint density at radius 1 is 1.33 bits per heavy atom. The fourth-order valence-electron chi connectivity index (χ4n) is 2.46. The summed E-state index contributed by atoms with van der Waals surface area (Å²) in [4.78, 5) is 14.1. The lowest BCUT2D eigenvalue weighted by molar-refractivity contribution is -0.131. The predicted molar refractivity (Wildman–Crippen MR) is 95.9 cm³/mol. The van der Waals surface area contributed by atoms with Crippen molar-refractivity contribution in [2.24, 2.45) is 5.73 Å². The van der Waals surface area contributed by atoms with Crippen LogP contribution in [-0.4, -0.2) is 37.6 Å². The Bertz CT molecular complexity index is 681. The van der Waals surface area contributed by atoms with Gasteiger partial charge in [-0.1, -0.05) is 42.2 Å². The topological polar surface area (TPSA) is 55.6 Å². The summed E-state index contributed by atoms with van der Waals surface area (Å²) in [5.41, 5.74) is 8.15. The second kappa shape index (κ2) is 8.95. The average molecular weight is 324 g/mol. The number of likely N-dealkylation sites (N-methyl/N-ethyl adjacent to an activating group) is 1. The lowest BCUT2D eigenvalue weighted by Crippen LogP contribution is -2.42. The van der Waals surface area contributed by atoms with Crippen LogP contribution in [-0.2, 0) is 16.0 Å². The highest BCUT2D eigenvalue weighted by molar-refractivity contribution is 5.82. The normalized spacial score (nSPS) is 14.5. The van der Waals surface area contributed by atoms with Crippen molar-refractivity contribution in [3.63, 3.8) is 0 Å². The maximum Gasteiger partial charge on any atom is 0.239 e. The van der Waals surface area contributed by atoms with Crippen molar-refractivity contribution >= 4 is 5.91 Å². The van der Waals surface area contributed by atoms with Gasteiger partial charge in [0.2, 0.25) is 5.91 Å². The number of ether oxygens (including phenoxy) is 1. The van der Waals surface area contributed by atoms with Crippen molar-refractivity contribution in [2.75, 3.05) is 20.7 Å². The van der Waals surface area contributed by atoms with Gasteiger partial charge in [0.05, 0.1) is 19.6 Å². The zero-order chi connectivity index (χ0) is 17.4. The Balaban J connectivity index is 1.88. The van der Waals surface area contributed by atoms with Gasteiger partial charge in [-0.2, -0.15) is 0 Å². The van der Waals surface area contributed by atoms with Crippen LogP contribution in [0.15, 0.2) is 53.8 Å². The van der Waals surface area contributed by atoms with Gasteiger partial charge in [0, 0.05) is 25.6 Å². The minimum Gasteiger partial charge on any atom is -0.500 e. The van der Waals surface area contributed by atoms with E-state index in [1.54, 1.807) is 19.1 Å². The molecular formula is C20H24N2O2. The van der Waals surface area contributed by atoms with Crippen LogP contribution in [0.1, 0.15) is 18.4 Å². The zero-order valence-corrected chi connectivity index (χ0v) is 14.3. The third-order valence-corrected chi connectivity index (χ3v) is 3.96. The highest BCUT2D eigenvalue weighted by atomic mass is 16.5. The number of rotatable bonds is 7. The number of nitrogens with two attached hydrogens (primary N) is 1. The number of hydrogen-bond acceptors (Lipinski definition) is 3. The molecule has 0 saturated carbocycles. The van der Waals surface area contributed by atoms with E-state index in [-0.39, 0.29) is 5.91 Å². The standard InChI is InChI=1S/C20H24N2O2/c1-22(14-13-16-7-4-3-5-8-16)20(23)19(21)15-17-9-6-10-18(24-2)12-11-17/h3-5,7-8,11-12,19H,10,13-15,21H2,1-2H3/t19-/m1/s1. The van der Waals surface area contributed by atoms with E-state index in [2.05, 4.69) is 24.0 Å². The Morgan fingerprint density at radius 3 is 2.79 bits per heavy atom. The molecule has 1 aliphatic rings. The van der Waals surface area contributed by atoms with Gasteiger partial charge in [-0.15, -0.1) is 0 Å². The molecule has 0 bridgehead atoms. The van der Waals surface area contributed by atoms with Crippen molar-refractivity contribution < 1.29 is 9.53 Å². The molecule has 0 radical (unpaired) electrons. The zero-order valence-electron chi connectivity index (χ0n) is 14.3. The SMILES string of the molecule is COC1=CC=C(C[C@@H](N)C(=O)N(C)CCc2ccccc2)C#CC1. The predicted octanol–water partition coefficient (Wildman–Crippen LogP) is 2.27. The molecule has 2 rings (SSSR count). The van der Waals surface area contributed by atoms with Crippen molar-refractivity contribution in [3.05, 3.63) is 59.4 Å². The first-order valence-electron chi connectivity index (χ1n) is 8.07. The number of methoxy groups -OCH3 is 1. The Morgan fingerprint density at radius 2 is 2.08 bits per heavy atom. The van der Waals surface area contributed by atoms with Gasteiger partial charge in [0.1, 0.15) is 5.76 Å². The van der Waals surface area contributed by atoms with Crippen LogP contribution >= 0.6 is 0 Å². The molecule has 1 amide bonds. The van der Waals surface area contributed by atoms with Gasteiger partial charge in [-0.05, 0) is 24.1 Å². The molecule has 0 unspecified atom stereocenters. The first-order chi connectivity index (χ1) is 11.6. The Labute approximate surface area is 144 Å². The van der Waals surface area contributed by atoms with E-state index in [1.807, 2.05) is 30.4 Å². The van der Waals surface area contributed by atoms with Crippen LogP contribution in [0, 0.1) is 11.8 Å². The van der Waals surface area contributed by atoms with E-state index in [9.17, 15) is 4.79 Å². The third kappa shape index (κ3) is 5.29. The summed E-state index contributed by atoms with van der Waals surface area (Å²) in [6.45, 7) is 0.648. The first kappa shape index (κ1) is 17.8. The van der Waals surface area contributed by atoms with E-state index in [0.29, 0.717) is 19.4 Å². The molecule has 1 aromatic carbocycles. The molecule has 1 aromatic rings. The molecule has 0 fully saturated rings. The quantitative estimate of drug-likeness (QED) is 0.783. The molecule has 1 aliphatic carbocycles. The first-order valence-corrected chi connectivity index (χ1v) is 8.07. The summed E-state index contributed by atoms with van der Waals surface area (Å²) in [5, 5.41) is 0. The molecule has 2 N–H and O–H groups in total. The fraction of sp³-hybridized carbons (Fsp3) is 0.350. The molecule has 0 heterocycles.